The highest BCUT2D eigenvalue weighted by atomic mass is 16.3. The molecule has 14 heavy (non-hydrogen) atoms. The number of rotatable bonds is 2. The molecule has 0 aliphatic heterocycles. The topological polar surface area (TPSA) is 82.0 Å². The van der Waals surface area contributed by atoms with Gasteiger partial charge in [-0.25, -0.2) is 4.98 Å². The second kappa shape index (κ2) is 3.29. The Morgan fingerprint density at radius 2 is 2.21 bits per heavy atom. The first-order valence-corrected chi connectivity index (χ1v) is 3.93. The van der Waals surface area contributed by atoms with Crippen LogP contribution in [0.2, 0.25) is 0 Å². The summed E-state index contributed by atoms with van der Waals surface area (Å²) in [5.74, 6) is -0.259. The van der Waals surface area contributed by atoms with E-state index in [-0.39, 0.29) is 0 Å². The normalized spacial score (nSPS) is 10.0. The van der Waals surface area contributed by atoms with Gasteiger partial charge in [-0.1, -0.05) is 0 Å². The van der Waals surface area contributed by atoms with Crippen molar-refractivity contribution in [2.24, 2.45) is 5.73 Å². The number of primary amides is 1. The van der Waals surface area contributed by atoms with Gasteiger partial charge in [0.05, 0.1) is 11.8 Å². The fraction of sp³-hybridized carbons (Fsp3) is 0. The number of hydrogen-bond acceptors (Lipinski definition) is 4. The highest BCUT2D eigenvalue weighted by Gasteiger charge is 2.13. The second-order valence-electron chi connectivity index (χ2n) is 2.60. The van der Waals surface area contributed by atoms with Crippen molar-refractivity contribution in [2.75, 3.05) is 0 Å². The van der Waals surface area contributed by atoms with E-state index in [1.807, 2.05) is 0 Å². The van der Waals surface area contributed by atoms with Crippen molar-refractivity contribution >= 4 is 5.91 Å². The van der Waals surface area contributed by atoms with Crippen LogP contribution in [0.25, 0.3) is 11.6 Å². The van der Waals surface area contributed by atoms with Crippen molar-refractivity contribution in [3.05, 3.63) is 36.4 Å². The first-order valence-electron chi connectivity index (χ1n) is 3.93. The molecule has 5 nitrogen and oxygen atoms in total. The van der Waals surface area contributed by atoms with E-state index in [9.17, 15) is 4.79 Å². The third-order valence-electron chi connectivity index (χ3n) is 1.71. The summed E-state index contributed by atoms with van der Waals surface area (Å²) in [6.07, 6.45) is 4.44. The summed E-state index contributed by atoms with van der Waals surface area (Å²) in [5, 5.41) is 0. The maximum Gasteiger partial charge on any atom is 0.251 e. The first kappa shape index (κ1) is 8.43. The molecule has 1 amide bonds. The lowest BCUT2D eigenvalue weighted by Gasteiger charge is -1.99. The van der Waals surface area contributed by atoms with Crippen molar-refractivity contribution in [1.29, 1.82) is 0 Å². The van der Waals surface area contributed by atoms with Crippen LogP contribution < -0.4 is 5.73 Å². The number of carbonyl (C=O) groups is 1. The van der Waals surface area contributed by atoms with E-state index >= 15 is 0 Å². The number of hydrogen-bond donors (Lipinski definition) is 1. The van der Waals surface area contributed by atoms with Gasteiger partial charge < -0.3 is 10.2 Å². The molecule has 0 bridgehead atoms. The average molecular weight is 189 g/mol. The molecule has 5 heteroatoms. The molecule has 2 heterocycles. The molecule has 2 N–H and O–H groups in total. The lowest BCUT2D eigenvalue weighted by Crippen LogP contribution is -2.13. The Morgan fingerprint density at radius 3 is 2.86 bits per heavy atom. The molecular weight excluding hydrogens is 182 g/mol. The number of amides is 1. The van der Waals surface area contributed by atoms with Crippen molar-refractivity contribution in [1.82, 2.24) is 9.97 Å². The number of aromatic nitrogens is 2. The molecule has 0 radical (unpaired) electrons. The van der Waals surface area contributed by atoms with Gasteiger partial charge in [0.1, 0.15) is 12.0 Å². The summed E-state index contributed by atoms with van der Waals surface area (Å²) in [4.78, 5) is 18.9. The van der Waals surface area contributed by atoms with Crippen molar-refractivity contribution < 1.29 is 9.21 Å². The Balaban J connectivity index is 2.58. The standard InChI is InChI=1S/C9H7N3O2/c10-8(13)6-2-1-3-11-7(6)9-12-4-5-14-9/h1-5H,(H2,10,13). The molecule has 0 saturated heterocycles. The third kappa shape index (κ3) is 1.35. The SMILES string of the molecule is NC(=O)c1cccnc1-c1ncco1. The fourth-order valence-electron chi connectivity index (χ4n) is 1.11. The minimum absolute atomic E-state index is 0.291. The first-order chi connectivity index (χ1) is 6.79. The lowest BCUT2D eigenvalue weighted by molar-refractivity contribution is 0.100. The van der Waals surface area contributed by atoms with Crippen LogP contribution in [-0.2, 0) is 0 Å². The fourth-order valence-corrected chi connectivity index (χ4v) is 1.11. The third-order valence-corrected chi connectivity index (χ3v) is 1.71. The van der Waals surface area contributed by atoms with E-state index < -0.39 is 5.91 Å². The Hall–Kier alpha value is -2.17. The van der Waals surface area contributed by atoms with Gasteiger partial charge in [0.2, 0.25) is 5.89 Å². The molecule has 0 aromatic carbocycles. The highest BCUT2D eigenvalue weighted by Crippen LogP contribution is 2.18. The lowest BCUT2D eigenvalue weighted by atomic mass is 10.2. The van der Waals surface area contributed by atoms with Gasteiger partial charge in [0.15, 0.2) is 0 Å². The summed E-state index contributed by atoms with van der Waals surface area (Å²) in [5.41, 5.74) is 5.84. The molecule has 0 atom stereocenters. The van der Waals surface area contributed by atoms with Gasteiger partial charge in [-0.3, -0.25) is 9.78 Å². The summed E-state index contributed by atoms with van der Waals surface area (Å²) in [6.45, 7) is 0. The minimum Gasteiger partial charge on any atom is -0.443 e. The van der Waals surface area contributed by atoms with E-state index in [1.54, 1.807) is 18.3 Å². The zero-order valence-electron chi connectivity index (χ0n) is 7.18. The van der Waals surface area contributed by atoms with Crippen LogP contribution in [0, 0.1) is 0 Å². The monoisotopic (exact) mass is 189 g/mol. The number of pyridine rings is 1. The van der Waals surface area contributed by atoms with Crippen molar-refractivity contribution in [3.63, 3.8) is 0 Å². The van der Waals surface area contributed by atoms with Crippen LogP contribution in [-0.4, -0.2) is 15.9 Å². The number of oxazole rings is 1. The Bertz CT molecular complexity index is 451. The Labute approximate surface area is 79.6 Å². The predicted octanol–water partition coefficient (Wildman–Crippen LogP) is 0.836. The zero-order valence-corrected chi connectivity index (χ0v) is 7.18. The largest absolute Gasteiger partial charge is 0.443 e. The molecule has 0 aliphatic rings. The van der Waals surface area contributed by atoms with E-state index in [4.69, 9.17) is 10.2 Å². The predicted molar refractivity (Wildman–Crippen MR) is 48.3 cm³/mol. The van der Waals surface area contributed by atoms with Crippen molar-refractivity contribution in [2.45, 2.75) is 0 Å². The van der Waals surface area contributed by atoms with Gasteiger partial charge in [0, 0.05) is 6.20 Å². The zero-order chi connectivity index (χ0) is 9.97. The number of nitrogens with zero attached hydrogens (tertiary/aromatic N) is 2. The van der Waals surface area contributed by atoms with Gasteiger partial charge >= 0.3 is 0 Å². The van der Waals surface area contributed by atoms with E-state index in [0.717, 1.165) is 0 Å². The van der Waals surface area contributed by atoms with Crippen LogP contribution >= 0.6 is 0 Å². The van der Waals surface area contributed by atoms with Crippen LogP contribution in [0.15, 0.2) is 35.2 Å². The molecular formula is C9H7N3O2. The van der Waals surface area contributed by atoms with Gasteiger partial charge in [0.25, 0.3) is 5.91 Å². The highest BCUT2D eigenvalue weighted by molar-refractivity contribution is 5.97. The maximum absolute atomic E-state index is 11.0. The molecule has 2 aromatic rings. The van der Waals surface area contributed by atoms with Gasteiger partial charge in [-0.05, 0) is 12.1 Å². The molecule has 2 aromatic heterocycles. The summed E-state index contributed by atoms with van der Waals surface area (Å²) in [7, 11) is 0. The van der Waals surface area contributed by atoms with Crippen LogP contribution in [0.4, 0.5) is 0 Å². The van der Waals surface area contributed by atoms with Crippen LogP contribution in [0.5, 0.6) is 0 Å². The molecule has 2 rings (SSSR count). The molecule has 0 unspecified atom stereocenters. The summed E-state index contributed by atoms with van der Waals surface area (Å²) in [6, 6.07) is 3.21. The van der Waals surface area contributed by atoms with Crippen LogP contribution in [0.3, 0.4) is 0 Å². The molecule has 0 saturated carbocycles. The molecule has 0 spiro atoms. The smallest absolute Gasteiger partial charge is 0.251 e. The average Bonchev–Trinajstić information content (AvgIpc) is 2.70. The molecule has 0 fully saturated rings. The number of carbonyl (C=O) groups excluding carboxylic acids is 1. The summed E-state index contributed by atoms with van der Waals surface area (Å²) >= 11 is 0. The minimum atomic E-state index is -0.550. The van der Waals surface area contributed by atoms with Crippen molar-refractivity contribution in [3.8, 4) is 11.6 Å². The van der Waals surface area contributed by atoms with E-state index in [0.29, 0.717) is 17.1 Å². The quantitative estimate of drug-likeness (QED) is 0.758. The van der Waals surface area contributed by atoms with E-state index in [2.05, 4.69) is 9.97 Å². The molecule has 70 valence electrons. The van der Waals surface area contributed by atoms with Gasteiger partial charge in [-0.15, -0.1) is 0 Å². The van der Waals surface area contributed by atoms with Gasteiger partial charge in [-0.2, -0.15) is 0 Å². The maximum atomic E-state index is 11.0. The second-order valence-corrected chi connectivity index (χ2v) is 2.60. The number of nitrogens with two attached hydrogens (primary N) is 1. The Kier molecular flexibility index (Phi) is 1.98. The Morgan fingerprint density at radius 1 is 1.36 bits per heavy atom. The summed E-state index contributed by atoms with van der Waals surface area (Å²) < 4.78 is 5.03. The molecule has 0 aliphatic carbocycles. The van der Waals surface area contributed by atoms with Crippen LogP contribution in [0.1, 0.15) is 10.4 Å². The van der Waals surface area contributed by atoms with E-state index in [1.165, 1.54) is 12.5 Å².